The number of hydrogen-bond acceptors (Lipinski definition) is 5. The summed E-state index contributed by atoms with van der Waals surface area (Å²) >= 11 is 0. The molecule has 15 heavy (non-hydrogen) atoms. The summed E-state index contributed by atoms with van der Waals surface area (Å²) in [6, 6.07) is 0.610. The van der Waals surface area contributed by atoms with Crippen LogP contribution in [0.25, 0.3) is 0 Å². The van der Waals surface area contributed by atoms with Crippen LogP contribution in [-0.4, -0.2) is 36.4 Å². The summed E-state index contributed by atoms with van der Waals surface area (Å²) in [5.74, 6) is 0.777. The molecule has 1 N–H and O–H groups in total. The van der Waals surface area contributed by atoms with Crippen molar-refractivity contribution < 1.29 is 14.3 Å². The lowest BCUT2D eigenvalue weighted by Crippen LogP contribution is -2.36. The van der Waals surface area contributed by atoms with Crippen LogP contribution in [0.1, 0.15) is 18.4 Å². The second-order valence-corrected chi connectivity index (χ2v) is 3.48. The number of aliphatic hydroxyl groups excluding tert-OH is 1. The average Bonchev–Trinajstić information content (AvgIpc) is 2.73. The minimum atomic E-state index is -0.0585. The lowest BCUT2D eigenvalue weighted by Gasteiger charge is -2.24. The Morgan fingerprint density at radius 3 is 2.67 bits per heavy atom. The minimum Gasteiger partial charge on any atom is -0.428 e. The van der Waals surface area contributed by atoms with Gasteiger partial charge in [0.15, 0.2) is 0 Å². The van der Waals surface area contributed by atoms with Gasteiger partial charge in [-0.15, -0.1) is 0 Å². The molecule has 2 rings (SSSR count). The van der Waals surface area contributed by atoms with Crippen molar-refractivity contribution in [2.75, 3.05) is 31.2 Å². The van der Waals surface area contributed by atoms with Crippen LogP contribution in [0.4, 0.5) is 6.01 Å². The Balaban J connectivity index is 2.16. The first kappa shape index (κ1) is 10.4. The van der Waals surface area contributed by atoms with Crippen molar-refractivity contribution >= 4 is 6.01 Å². The Bertz CT molecular complexity index is 297. The Kier molecular flexibility index (Phi) is 3.23. The molecule has 5 nitrogen and oxygen atoms in total. The molecule has 0 aliphatic carbocycles. The van der Waals surface area contributed by atoms with Crippen LogP contribution < -0.4 is 4.90 Å². The lowest BCUT2D eigenvalue weighted by molar-refractivity contribution is 0.120. The van der Waals surface area contributed by atoms with E-state index >= 15 is 0 Å². The monoisotopic (exact) mass is 212 g/mol. The summed E-state index contributed by atoms with van der Waals surface area (Å²) in [7, 11) is 0. The Hall–Kier alpha value is -1.07. The van der Waals surface area contributed by atoms with E-state index in [1.165, 1.54) is 0 Å². The molecule has 0 spiro atoms. The van der Waals surface area contributed by atoms with Crippen LogP contribution in [0.15, 0.2) is 4.42 Å². The van der Waals surface area contributed by atoms with Crippen molar-refractivity contribution in [2.45, 2.75) is 20.0 Å². The van der Waals surface area contributed by atoms with Crippen LogP contribution >= 0.6 is 0 Å². The number of aliphatic hydroxyl groups is 1. The maximum absolute atomic E-state index is 9.10. The summed E-state index contributed by atoms with van der Waals surface area (Å²) in [5.41, 5.74) is 0.652. The Labute approximate surface area is 88.7 Å². The van der Waals surface area contributed by atoms with Gasteiger partial charge in [0.1, 0.15) is 11.5 Å². The highest BCUT2D eigenvalue weighted by Gasteiger charge is 2.18. The third-order valence-electron chi connectivity index (χ3n) is 2.52. The average molecular weight is 212 g/mol. The number of anilines is 1. The van der Waals surface area contributed by atoms with Crippen molar-refractivity contribution in [1.29, 1.82) is 0 Å². The third kappa shape index (κ3) is 2.13. The fourth-order valence-electron chi connectivity index (χ4n) is 1.66. The van der Waals surface area contributed by atoms with E-state index in [9.17, 15) is 0 Å². The molecule has 0 amide bonds. The zero-order valence-corrected chi connectivity index (χ0v) is 8.90. The van der Waals surface area contributed by atoms with Crippen molar-refractivity contribution in [2.24, 2.45) is 0 Å². The van der Waals surface area contributed by atoms with Crippen molar-refractivity contribution in [3.8, 4) is 0 Å². The molecule has 0 bridgehead atoms. The SMILES string of the molecule is CCc1oc(N2CCOCC2)nc1CO. The van der Waals surface area contributed by atoms with Crippen molar-refractivity contribution in [3.63, 3.8) is 0 Å². The first-order chi connectivity index (χ1) is 7.35. The van der Waals surface area contributed by atoms with E-state index in [1.807, 2.05) is 11.8 Å². The molecule has 0 radical (unpaired) electrons. The standard InChI is InChI=1S/C10H16N2O3/c1-2-9-8(7-13)11-10(15-9)12-3-5-14-6-4-12/h13H,2-7H2,1H3. The van der Waals surface area contributed by atoms with Crippen molar-refractivity contribution in [1.82, 2.24) is 4.98 Å². The molecule has 1 aromatic rings. The molecule has 0 saturated carbocycles. The van der Waals surface area contributed by atoms with E-state index < -0.39 is 0 Å². The highest BCUT2D eigenvalue weighted by Crippen LogP contribution is 2.20. The number of aryl methyl sites for hydroxylation is 1. The molecule has 1 saturated heterocycles. The van der Waals surface area contributed by atoms with Gasteiger partial charge >= 0.3 is 0 Å². The molecule has 5 heteroatoms. The van der Waals surface area contributed by atoms with Gasteiger partial charge in [-0.3, -0.25) is 0 Å². The van der Waals surface area contributed by atoms with Gasteiger partial charge < -0.3 is 19.2 Å². The predicted molar refractivity (Wildman–Crippen MR) is 54.8 cm³/mol. The van der Waals surface area contributed by atoms with Gasteiger partial charge in [0.2, 0.25) is 0 Å². The number of aromatic nitrogens is 1. The molecule has 1 fully saturated rings. The summed E-state index contributed by atoms with van der Waals surface area (Å²) < 4.78 is 10.8. The van der Waals surface area contributed by atoms with E-state index in [-0.39, 0.29) is 6.61 Å². The molecule has 0 atom stereocenters. The van der Waals surface area contributed by atoms with E-state index in [0.717, 1.165) is 25.3 Å². The molecule has 0 unspecified atom stereocenters. The smallest absolute Gasteiger partial charge is 0.297 e. The first-order valence-electron chi connectivity index (χ1n) is 5.27. The van der Waals surface area contributed by atoms with E-state index in [1.54, 1.807) is 0 Å². The molecule has 2 heterocycles. The van der Waals surface area contributed by atoms with E-state index in [2.05, 4.69) is 4.98 Å². The number of morpholine rings is 1. The van der Waals surface area contributed by atoms with Crippen molar-refractivity contribution in [3.05, 3.63) is 11.5 Å². The number of ether oxygens (including phenoxy) is 1. The summed E-state index contributed by atoms with van der Waals surface area (Å²) in [5, 5.41) is 9.10. The number of nitrogens with zero attached hydrogens (tertiary/aromatic N) is 2. The van der Waals surface area contributed by atoms with Gasteiger partial charge in [0.25, 0.3) is 6.01 Å². The largest absolute Gasteiger partial charge is 0.428 e. The fourth-order valence-corrected chi connectivity index (χ4v) is 1.66. The molecule has 84 valence electrons. The zero-order valence-electron chi connectivity index (χ0n) is 8.90. The van der Waals surface area contributed by atoms with Gasteiger partial charge in [0.05, 0.1) is 19.8 Å². The highest BCUT2D eigenvalue weighted by atomic mass is 16.5. The molecule has 0 aromatic carbocycles. The van der Waals surface area contributed by atoms with Crippen LogP contribution in [0.5, 0.6) is 0 Å². The van der Waals surface area contributed by atoms with Gasteiger partial charge in [-0.05, 0) is 0 Å². The van der Waals surface area contributed by atoms with Gasteiger partial charge in [0, 0.05) is 19.5 Å². The highest BCUT2D eigenvalue weighted by molar-refractivity contribution is 5.30. The summed E-state index contributed by atoms with van der Waals surface area (Å²) in [6.07, 6.45) is 0.757. The fraction of sp³-hybridized carbons (Fsp3) is 0.700. The second kappa shape index (κ2) is 4.63. The summed E-state index contributed by atoms with van der Waals surface area (Å²) in [6.45, 7) is 4.94. The number of oxazole rings is 1. The molecule has 1 aromatic heterocycles. The van der Waals surface area contributed by atoms with E-state index in [0.29, 0.717) is 24.9 Å². The Morgan fingerprint density at radius 1 is 1.40 bits per heavy atom. The first-order valence-corrected chi connectivity index (χ1v) is 5.27. The molecular formula is C10H16N2O3. The number of hydrogen-bond donors (Lipinski definition) is 1. The number of rotatable bonds is 3. The quantitative estimate of drug-likeness (QED) is 0.793. The van der Waals surface area contributed by atoms with E-state index in [4.69, 9.17) is 14.3 Å². The maximum Gasteiger partial charge on any atom is 0.297 e. The van der Waals surface area contributed by atoms with Crippen LogP contribution in [-0.2, 0) is 17.8 Å². The lowest BCUT2D eigenvalue weighted by atomic mass is 10.3. The topological polar surface area (TPSA) is 58.7 Å². The normalized spacial score (nSPS) is 17.1. The minimum absolute atomic E-state index is 0.0585. The van der Waals surface area contributed by atoms with Gasteiger partial charge in [-0.1, -0.05) is 6.92 Å². The molecule has 1 aliphatic rings. The maximum atomic E-state index is 9.10. The third-order valence-corrected chi connectivity index (χ3v) is 2.52. The second-order valence-electron chi connectivity index (χ2n) is 3.48. The van der Waals surface area contributed by atoms with Crippen LogP contribution in [0.3, 0.4) is 0 Å². The van der Waals surface area contributed by atoms with Crippen LogP contribution in [0.2, 0.25) is 0 Å². The Morgan fingerprint density at radius 2 is 2.13 bits per heavy atom. The molecular weight excluding hydrogens is 196 g/mol. The summed E-state index contributed by atoms with van der Waals surface area (Å²) in [4.78, 5) is 6.32. The zero-order chi connectivity index (χ0) is 10.7. The predicted octanol–water partition coefficient (Wildman–Crippen LogP) is 0.566. The van der Waals surface area contributed by atoms with Gasteiger partial charge in [-0.2, -0.15) is 4.98 Å². The van der Waals surface area contributed by atoms with Gasteiger partial charge in [-0.25, -0.2) is 0 Å². The van der Waals surface area contributed by atoms with Crippen LogP contribution in [0, 0.1) is 0 Å². The molecule has 1 aliphatic heterocycles.